The summed E-state index contributed by atoms with van der Waals surface area (Å²) in [6.07, 6.45) is 2.12. The van der Waals surface area contributed by atoms with Crippen molar-refractivity contribution in [1.82, 2.24) is 5.01 Å². The van der Waals surface area contributed by atoms with Gasteiger partial charge >= 0.3 is 0 Å². The van der Waals surface area contributed by atoms with Crippen LogP contribution in [0.15, 0.2) is 70.4 Å². The molecule has 2 aliphatic rings. The Kier molecular flexibility index (Phi) is 4.05. The summed E-state index contributed by atoms with van der Waals surface area (Å²) < 4.78 is 12.0. The zero-order valence-corrected chi connectivity index (χ0v) is 16.4. The minimum absolute atomic E-state index is 0.0566. The van der Waals surface area contributed by atoms with Gasteiger partial charge in [0.15, 0.2) is 0 Å². The fourth-order valence-electron chi connectivity index (χ4n) is 3.81. The van der Waals surface area contributed by atoms with Crippen LogP contribution in [0.25, 0.3) is 0 Å². The minimum atomic E-state index is -0.303. The predicted molar refractivity (Wildman–Crippen MR) is 110 cm³/mol. The highest BCUT2D eigenvalue weighted by Gasteiger charge is 2.41. The molecule has 2 aromatic carbocycles. The van der Waals surface area contributed by atoms with Crippen molar-refractivity contribution in [2.75, 3.05) is 19.0 Å². The van der Waals surface area contributed by atoms with E-state index in [4.69, 9.17) is 25.9 Å². The van der Waals surface area contributed by atoms with Crippen molar-refractivity contribution in [3.8, 4) is 5.75 Å². The van der Waals surface area contributed by atoms with E-state index < -0.39 is 0 Å². The molecule has 0 bridgehead atoms. The smallest absolute Gasteiger partial charge is 0.213 e. The summed E-state index contributed by atoms with van der Waals surface area (Å²) in [6, 6.07) is 18.0. The van der Waals surface area contributed by atoms with E-state index in [1.54, 1.807) is 6.26 Å². The van der Waals surface area contributed by atoms with Crippen molar-refractivity contribution < 1.29 is 9.15 Å². The molecule has 5 rings (SSSR count). The molecular formula is C22H20ClN3O2. The van der Waals surface area contributed by atoms with Gasteiger partial charge in [-0.2, -0.15) is 5.10 Å². The molecule has 5 nitrogen and oxygen atoms in total. The molecule has 0 fully saturated rings. The lowest BCUT2D eigenvalue weighted by atomic mass is 9.97. The molecule has 0 aliphatic carbocycles. The minimum Gasteiger partial charge on any atom is -0.464 e. The molecule has 0 spiro atoms. The van der Waals surface area contributed by atoms with E-state index in [2.05, 4.69) is 29.2 Å². The molecule has 3 aromatic rings. The number of hydrogen-bond donors (Lipinski definition) is 0. The van der Waals surface area contributed by atoms with E-state index in [0.717, 1.165) is 40.5 Å². The van der Waals surface area contributed by atoms with E-state index >= 15 is 0 Å². The molecule has 1 aromatic heterocycles. The molecule has 28 heavy (non-hydrogen) atoms. The summed E-state index contributed by atoms with van der Waals surface area (Å²) in [6.45, 7) is 0. The largest absolute Gasteiger partial charge is 0.464 e. The van der Waals surface area contributed by atoms with Gasteiger partial charge in [-0.05, 0) is 42.5 Å². The number of hydrogen-bond acceptors (Lipinski definition) is 5. The van der Waals surface area contributed by atoms with Crippen LogP contribution in [-0.4, -0.2) is 24.8 Å². The summed E-state index contributed by atoms with van der Waals surface area (Å²) in [5.74, 6) is 1.64. The highest BCUT2D eigenvalue weighted by atomic mass is 35.5. The van der Waals surface area contributed by atoms with Gasteiger partial charge in [0, 0.05) is 42.4 Å². The maximum absolute atomic E-state index is 6.37. The Bertz CT molecular complexity index is 1030. The molecule has 2 aliphatic heterocycles. The van der Waals surface area contributed by atoms with Crippen LogP contribution in [0, 0.1) is 0 Å². The van der Waals surface area contributed by atoms with Crippen molar-refractivity contribution in [2.45, 2.75) is 18.7 Å². The first-order chi connectivity index (χ1) is 13.6. The number of benzene rings is 2. The topological polar surface area (TPSA) is 41.2 Å². The first kappa shape index (κ1) is 17.2. The SMILES string of the molecule is CN(C)c1ccc([C@H]2Oc3ccc(Cl)cc3[C@H]3CC(c4ccco4)=NN32)cc1. The zero-order chi connectivity index (χ0) is 19.3. The second kappa shape index (κ2) is 6.60. The Hall–Kier alpha value is -2.92. The first-order valence-electron chi connectivity index (χ1n) is 9.23. The molecule has 0 saturated carbocycles. The van der Waals surface area contributed by atoms with E-state index in [1.165, 1.54) is 0 Å². The molecule has 6 heteroatoms. The van der Waals surface area contributed by atoms with E-state index in [9.17, 15) is 0 Å². The third-order valence-corrected chi connectivity index (χ3v) is 5.49. The number of rotatable bonds is 3. The normalized spacial score (nSPS) is 20.2. The number of ether oxygens (including phenoxy) is 1. The van der Waals surface area contributed by atoms with Gasteiger partial charge in [0.25, 0.3) is 0 Å². The number of nitrogens with zero attached hydrogens (tertiary/aromatic N) is 3. The highest BCUT2D eigenvalue weighted by molar-refractivity contribution is 6.30. The van der Waals surface area contributed by atoms with Gasteiger partial charge < -0.3 is 14.1 Å². The molecule has 0 unspecified atom stereocenters. The number of halogens is 1. The van der Waals surface area contributed by atoms with Crippen molar-refractivity contribution in [2.24, 2.45) is 5.10 Å². The van der Waals surface area contributed by atoms with Gasteiger partial charge in [0.05, 0.1) is 12.3 Å². The summed E-state index contributed by atoms with van der Waals surface area (Å²) in [7, 11) is 4.06. The maximum Gasteiger partial charge on any atom is 0.213 e. The Morgan fingerprint density at radius 3 is 2.64 bits per heavy atom. The van der Waals surface area contributed by atoms with E-state index in [0.29, 0.717) is 5.02 Å². The predicted octanol–water partition coefficient (Wildman–Crippen LogP) is 5.24. The van der Waals surface area contributed by atoms with Crippen molar-refractivity contribution in [3.63, 3.8) is 0 Å². The van der Waals surface area contributed by atoms with Gasteiger partial charge in [-0.15, -0.1) is 0 Å². The van der Waals surface area contributed by atoms with Gasteiger partial charge in [0.1, 0.15) is 17.2 Å². The molecule has 142 valence electrons. The van der Waals surface area contributed by atoms with Crippen LogP contribution < -0.4 is 9.64 Å². The lowest BCUT2D eigenvalue weighted by Crippen LogP contribution is -2.33. The summed E-state index contributed by atoms with van der Waals surface area (Å²) in [4.78, 5) is 2.08. The Labute approximate surface area is 168 Å². The molecule has 0 amide bonds. The maximum atomic E-state index is 6.37. The molecule has 3 heterocycles. The molecule has 0 saturated heterocycles. The first-order valence-corrected chi connectivity index (χ1v) is 9.61. The van der Waals surface area contributed by atoms with Crippen LogP contribution in [-0.2, 0) is 0 Å². The fourth-order valence-corrected chi connectivity index (χ4v) is 3.99. The van der Waals surface area contributed by atoms with Crippen LogP contribution in [0.1, 0.15) is 35.6 Å². The Morgan fingerprint density at radius 2 is 1.93 bits per heavy atom. The molecule has 0 radical (unpaired) electrons. The Morgan fingerprint density at radius 1 is 1.11 bits per heavy atom. The van der Waals surface area contributed by atoms with E-state index in [-0.39, 0.29) is 12.3 Å². The summed E-state index contributed by atoms with van der Waals surface area (Å²) >= 11 is 6.27. The number of hydrazone groups is 1. The second-order valence-electron chi connectivity index (χ2n) is 7.26. The standard InChI is InChI=1S/C22H20ClN3O2/c1-25(2)16-8-5-14(6-9-16)22-26-19(13-18(24-26)21-4-3-11-27-21)17-12-15(23)7-10-20(17)28-22/h3-12,19,22H,13H2,1-2H3/t19-,22-/m1/s1. The second-order valence-corrected chi connectivity index (χ2v) is 7.70. The number of furan rings is 1. The van der Waals surface area contributed by atoms with Crippen LogP contribution in [0.3, 0.4) is 0 Å². The van der Waals surface area contributed by atoms with Crippen LogP contribution in [0.4, 0.5) is 5.69 Å². The monoisotopic (exact) mass is 393 g/mol. The summed E-state index contributed by atoms with van der Waals surface area (Å²) in [5, 5.41) is 7.60. The van der Waals surface area contributed by atoms with Gasteiger partial charge in [-0.1, -0.05) is 23.7 Å². The fraction of sp³-hybridized carbons (Fsp3) is 0.227. The Balaban J connectivity index is 1.57. The average molecular weight is 394 g/mol. The van der Waals surface area contributed by atoms with E-state index in [1.807, 2.05) is 49.4 Å². The third kappa shape index (κ3) is 2.83. The van der Waals surface area contributed by atoms with Crippen molar-refractivity contribution >= 4 is 23.0 Å². The van der Waals surface area contributed by atoms with Crippen LogP contribution >= 0.6 is 11.6 Å². The lowest BCUT2D eigenvalue weighted by molar-refractivity contribution is -0.0190. The number of fused-ring (bicyclic) bond motifs is 3. The highest BCUT2D eigenvalue weighted by Crippen LogP contribution is 2.48. The quantitative estimate of drug-likeness (QED) is 0.610. The zero-order valence-electron chi connectivity index (χ0n) is 15.7. The number of anilines is 1. The molecule has 2 atom stereocenters. The van der Waals surface area contributed by atoms with Crippen molar-refractivity contribution in [1.29, 1.82) is 0 Å². The lowest BCUT2D eigenvalue weighted by Gasteiger charge is -2.38. The van der Waals surface area contributed by atoms with Gasteiger partial charge in [-0.25, -0.2) is 5.01 Å². The van der Waals surface area contributed by atoms with Crippen LogP contribution in [0.2, 0.25) is 5.02 Å². The average Bonchev–Trinajstić information content (AvgIpc) is 3.37. The van der Waals surface area contributed by atoms with Gasteiger partial charge in [-0.3, -0.25) is 0 Å². The van der Waals surface area contributed by atoms with Gasteiger partial charge in [0.2, 0.25) is 6.23 Å². The van der Waals surface area contributed by atoms with Crippen LogP contribution in [0.5, 0.6) is 5.75 Å². The summed E-state index contributed by atoms with van der Waals surface area (Å²) in [5.41, 5.74) is 4.17. The third-order valence-electron chi connectivity index (χ3n) is 5.25. The van der Waals surface area contributed by atoms with Crippen molar-refractivity contribution in [3.05, 3.63) is 82.8 Å². The molecular weight excluding hydrogens is 374 g/mol. The molecule has 0 N–H and O–H groups in total.